The van der Waals surface area contributed by atoms with E-state index in [0.717, 1.165) is 5.56 Å². The summed E-state index contributed by atoms with van der Waals surface area (Å²) < 4.78 is 5.03. The molecule has 7 heteroatoms. The molecule has 7 nitrogen and oxygen atoms in total. The van der Waals surface area contributed by atoms with Gasteiger partial charge in [0, 0.05) is 24.1 Å². The normalized spacial score (nSPS) is 15.2. The van der Waals surface area contributed by atoms with Gasteiger partial charge in [-0.15, -0.1) is 0 Å². The topological polar surface area (TPSA) is 87.7 Å². The van der Waals surface area contributed by atoms with E-state index in [2.05, 4.69) is 10.6 Å². The van der Waals surface area contributed by atoms with Crippen molar-refractivity contribution >= 4 is 17.8 Å². The highest BCUT2D eigenvalue weighted by molar-refractivity contribution is 5.92. The van der Waals surface area contributed by atoms with Gasteiger partial charge >= 0.3 is 5.97 Å². The minimum atomic E-state index is -0.758. The minimum absolute atomic E-state index is 0.228. The lowest BCUT2D eigenvalue weighted by molar-refractivity contribution is -0.140. The molecule has 0 saturated carbocycles. The molecule has 0 bridgehead atoms. The van der Waals surface area contributed by atoms with Gasteiger partial charge in [-0.1, -0.05) is 71.0 Å². The fourth-order valence-corrected chi connectivity index (χ4v) is 3.92. The number of nitrogens with one attached hydrogen (secondary N) is 2. The number of esters is 1. The van der Waals surface area contributed by atoms with E-state index in [1.54, 1.807) is 38.9 Å². The maximum atomic E-state index is 13.5. The lowest BCUT2D eigenvalue weighted by atomic mass is 9.76. The van der Waals surface area contributed by atoms with Crippen molar-refractivity contribution in [2.75, 3.05) is 20.7 Å². The molecule has 0 aliphatic rings. The number of nitrogens with zero attached hydrogens (tertiary/aromatic N) is 1. The molecule has 2 amide bonds. The number of ether oxygens (including phenoxy) is 1. The molecular formula is C27H43N3O4. The predicted molar refractivity (Wildman–Crippen MR) is 136 cm³/mol. The molecule has 0 heterocycles. The maximum absolute atomic E-state index is 13.5. The largest absolute Gasteiger partial charge is 0.463 e. The first-order valence-corrected chi connectivity index (χ1v) is 11.8. The number of hydrogen-bond acceptors (Lipinski definition) is 5. The standard InChI is InChI=1S/C27H43N3O4/c1-11-34-25(33)18(2)17-19(3)30(10)24(32)22(26(4,5)6)29-23(31)21(28-9)27(7,8)20-15-13-12-14-16-20/h12-17,19,21-22,28H,11H2,1-10H3,(H,29,31)/t19-,21?,22+/m0/s1. The van der Waals surface area contributed by atoms with Gasteiger partial charge in [-0.25, -0.2) is 4.79 Å². The van der Waals surface area contributed by atoms with Crippen molar-refractivity contribution in [1.29, 1.82) is 0 Å². The van der Waals surface area contributed by atoms with Crippen molar-refractivity contribution in [3.8, 4) is 0 Å². The average Bonchev–Trinajstić information content (AvgIpc) is 2.76. The predicted octanol–water partition coefficient (Wildman–Crippen LogP) is 3.44. The molecule has 190 valence electrons. The van der Waals surface area contributed by atoms with Crippen molar-refractivity contribution in [2.24, 2.45) is 5.41 Å². The number of hydrogen-bond donors (Lipinski definition) is 2. The first kappa shape index (κ1) is 29.4. The van der Waals surface area contributed by atoms with Gasteiger partial charge in [0.25, 0.3) is 0 Å². The van der Waals surface area contributed by atoms with Gasteiger partial charge in [0.15, 0.2) is 0 Å². The van der Waals surface area contributed by atoms with Crippen LogP contribution in [0.3, 0.4) is 0 Å². The van der Waals surface area contributed by atoms with Crippen LogP contribution in [-0.2, 0) is 24.5 Å². The van der Waals surface area contributed by atoms with Crippen LogP contribution in [0.1, 0.15) is 61.0 Å². The van der Waals surface area contributed by atoms with Crippen LogP contribution < -0.4 is 10.6 Å². The SMILES string of the molecule is CCOC(=O)C(C)=C[C@H](C)N(C)C(=O)[C@@H](NC(=O)C(NC)C(C)(C)c1ccccc1)C(C)(C)C. The van der Waals surface area contributed by atoms with Gasteiger partial charge in [0.1, 0.15) is 6.04 Å². The van der Waals surface area contributed by atoms with E-state index in [1.165, 1.54) is 0 Å². The van der Waals surface area contributed by atoms with Crippen LogP contribution in [0.5, 0.6) is 0 Å². The second kappa shape index (κ2) is 12.2. The summed E-state index contributed by atoms with van der Waals surface area (Å²) in [5.74, 6) is -0.881. The molecule has 0 radical (unpaired) electrons. The number of carbonyl (C=O) groups is 3. The fourth-order valence-electron chi connectivity index (χ4n) is 3.92. The fraction of sp³-hybridized carbons (Fsp3) is 0.593. The number of amides is 2. The van der Waals surface area contributed by atoms with Gasteiger partial charge in [0.2, 0.25) is 11.8 Å². The molecule has 0 spiro atoms. The quantitative estimate of drug-likeness (QED) is 0.402. The van der Waals surface area contributed by atoms with E-state index in [4.69, 9.17) is 4.74 Å². The Morgan fingerprint density at radius 2 is 1.62 bits per heavy atom. The molecule has 1 rings (SSSR count). The molecule has 0 aliphatic carbocycles. The molecule has 1 aromatic rings. The van der Waals surface area contributed by atoms with Crippen LogP contribution >= 0.6 is 0 Å². The van der Waals surface area contributed by atoms with E-state index in [9.17, 15) is 14.4 Å². The summed E-state index contributed by atoms with van der Waals surface area (Å²) in [7, 11) is 3.43. The van der Waals surface area contributed by atoms with E-state index >= 15 is 0 Å². The van der Waals surface area contributed by atoms with Gasteiger partial charge in [0.05, 0.1) is 12.6 Å². The van der Waals surface area contributed by atoms with Crippen LogP contribution in [0.25, 0.3) is 0 Å². The monoisotopic (exact) mass is 473 g/mol. The Balaban J connectivity index is 3.15. The molecule has 3 atom stereocenters. The summed E-state index contributed by atoms with van der Waals surface area (Å²) in [5.41, 5.74) is 0.415. The highest BCUT2D eigenvalue weighted by atomic mass is 16.5. The number of benzene rings is 1. The van der Waals surface area contributed by atoms with Crippen molar-refractivity contribution in [2.45, 2.75) is 78.9 Å². The zero-order valence-corrected chi connectivity index (χ0v) is 22.5. The molecule has 0 aliphatic heterocycles. The van der Waals surface area contributed by atoms with Gasteiger partial charge in [-0.2, -0.15) is 0 Å². The Hall–Kier alpha value is -2.67. The van der Waals surface area contributed by atoms with Gasteiger partial charge in [-0.3, -0.25) is 9.59 Å². The molecule has 0 saturated heterocycles. The van der Waals surface area contributed by atoms with E-state index < -0.39 is 28.9 Å². The lowest BCUT2D eigenvalue weighted by Gasteiger charge is -2.38. The summed E-state index contributed by atoms with van der Waals surface area (Å²) >= 11 is 0. The Labute approximate surface area is 205 Å². The van der Waals surface area contributed by atoms with Crippen LogP contribution in [0.4, 0.5) is 0 Å². The zero-order chi connectivity index (χ0) is 26.3. The third kappa shape index (κ3) is 7.42. The van der Waals surface area contributed by atoms with Crippen LogP contribution in [0, 0.1) is 5.41 Å². The minimum Gasteiger partial charge on any atom is -0.463 e. The number of carbonyl (C=O) groups excluding carboxylic acids is 3. The third-order valence-corrected chi connectivity index (χ3v) is 6.24. The Morgan fingerprint density at radius 1 is 1.06 bits per heavy atom. The summed E-state index contributed by atoms with van der Waals surface area (Å²) in [6.45, 7) is 15.3. The Kier molecular flexibility index (Phi) is 10.5. The summed E-state index contributed by atoms with van der Waals surface area (Å²) in [6.07, 6.45) is 1.70. The molecule has 0 aromatic heterocycles. The first-order valence-electron chi connectivity index (χ1n) is 11.8. The molecule has 1 aromatic carbocycles. The van der Waals surface area contributed by atoms with E-state index in [-0.39, 0.29) is 24.5 Å². The molecule has 1 unspecified atom stereocenters. The van der Waals surface area contributed by atoms with E-state index in [0.29, 0.717) is 5.57 Å². The molecule has 2 N–H and O–H groups in total. The molecule has 0 fully saturated rings. The van der Waals surface area contributed by atoms with Crippen LogP contribution in [0.15, 0.2) is 42.0 Å². The Morgan fingerprint density at radius 3 is 2.09 bits per heavy atom. The zero-order valence-electron chi connectivity index (χ0n) is 22.5. The molecular weight excluding hydrogens is 430 g/mol. The smallest absolute Gasteiger partial charge is 0.333 e. The van der Waals surface area contributed by atoms with Crippen molar-refractivity contribution in [1.82, 2.24) is 15.5 Å². The highest BCUT2D eigenvalue weighted by Gasteiger charge is 2.41. The number of rotatable bonds is 10. The van der Waals surface area contributed by atoms with Crippen molar-refractivity contribution < 1.29 is 19.1 Å². The van der Waals surface area contributed by atoms with Crippen LogP contribution in [0.2, 0.25) is 0 Å². The summed E-state index contributed by atoms with van der Waals surface area (Å²) in [4.78, 5) is 40.5. The highest BCUT2D eigenvalue weighted by Crippen LogP contribution is 2.28. The summed E-state index contributed by atoms with van der Waals surface area (Å²) in [6, 6.07) is 8.16. The third-order valence-electron chi connectivity index (χ3n) is 6.24. The second-order valence-electron chi connectivity index (χ2n) is 10.4. The van der Waals surface area contributed by atoms with Gasteiger partial charge < -0.3 is 20.3 Å². The van der Waals surface area contributed by atoms with Crippen molar-refractivity contribution in [3.05, 3.63) is 47.5 Å². The second-order valence-corrected chi connectivity index (χ2v) is 10.4. The number of likely N-dealkylation sites (N-methyl/N-ethyl adjacent to an activating group) is 2. The first-order chi connectivity index (χ1) is 15.7. The Bertz CT molecular complexity index is 872. The van der Waals surface area contributed by atoms with Crippen LogP contribution in [-0.4, -0.2) is 61.5 Å². The van der Waals surface area contributed by atoms with E-state index in [1.807, 2.05) is 71.9 Å². The summed E-state index contributed by atoms with van der Waals surface area (Å²) in [5, 5.41) is 6.15. The molecule has 34 heavy (non-hydrogen) atoms. The average molecular weight is 474 g/mol. The lowest BCUT2D eigenvalue weighted by Crippen LogP contribution is -2.61. The van der Waals surface area contributed by atoms with Gasteiger partial charge in [-0.05, 0) is 38.8 Å². The maximum Gasteiger partial charge on any atom is 0.333 e. The van der Waals surface area contributed by atoms with Crippen molar-refractivity contribution in [3.63, 3.8) is 0 Å².